The van der Waals surface area contributed by atoms with Crippen LogP contribution in [0.1, 0.15) is 50.7 Å². The van der Waals surface area contributed by atoms with Gasteiger partial charge in [0.05, 0.1) is 6.61 Å². The molecule has 3 aliphatic heterocycles. The monoisotopic (exact) mass is 395 g/mol. The molecule has 0 aliphatic carbocycles. The topological polar surface area (TPSA) is 40.2 Å². The summed E-state index contributed by atoms with van der Waals surface area (Å²) in [5.74, 6) is 3.76. The van der Waals surface area contributed by atoms with Crippen molar-refractivity contribution in [2.24, 2.45) is 5.92 Å². The first-order valence-corrected chi connectivity index (χ1v) is 10.7. The largest absolute Gasteiger partial charge is 0.494 e. The highest BCUT2D eigenvalue weighted by Gasteiger charge is 2.50. The van der Waals surface area contributed by atoms with Crippen molar-refractivity contribution < 1.29 is 18.9 Å². The van der Waals surface area contributed by atoms with E-state index in [4.69, 9.17) is 18.9 Å². The second-order valence-electron chi connectivity index (χ2n) is 8.33. The molecule has 154 valence electrons. The normalized spacial score (nSPS) is 28.1. The summed E-state index contributed by atoms with van der Waals surface area (Å²) < 4.78 is 24.1. The Kier molecular flexibility index (Phi) is 4.58. The van der Waals surface area contributed by atoms with Gasteiger partial charge in [0.15, 0.2) is 17.2 Å². The third kappa shape index (κ3) is 2.94. The summed E-state index contributed by atoms with van der Waals surface area (Å²) in [4.78, 5) is 2.50. The summed E-state index contributed by atoms with van der Waals surface area (Å²) in [6.45, 7) is 9.63. The first-order valence-electron chi connectivity index (χ1n) is 10.7. The average Bonchev–Trinajstić information content (AvgIpc) is 3.41. The predicted molar refractivity (Wildman–Crippen MR) is 111 cm³/mol. The number of benzene rings is 2. The van der Waals surface area contributed by atoms with Crippen molar-refractivity contribution in [3.05, 3.63) is 47.5 Å². The lowest BCUT2D eigenvalue weighted by molar-refractivity contribution is -0.114. The summed E-state index contributed by atoms with van der Waals surface area (Å²) in [6.07, 6.45) is 2.44. The molecule has 5 heteroatoms. The summed E-state index contributed by atoms with van der Waals surface area (Å²) >= 11 is 0. The van der Waals surface area contributed by atoms with Gasteiger partial charge in [-0.25, -0.2) is 0 Å². The quantitative estimate of drug-likeness (QED) is 0.745. The zero-order valence-corrected chi connectivity index (χ0v) is 17.4. The van der Waals surface area contributed by atoms with Crippen LogP contribution in [0.3, 0.4) is 0 Å². The van der Waals surface area contributed by atoms with E-state index >= 15 is 0 Å². The lowest BCUT2D eigenvalue weighted by atomic mass is 9.73. The first kappa shape index (κ1) is 18.6. The molecule has 2 aromatic rings. The van der Waals surface area contributed by atoms with Crippen LogP contribution in [0, 0.1) is 5.92 Å². The molecule has 3 aliphatic rings. The minimum absolute atomic E-state index is 0.140. The van der Waals surface area contributed by atoms with Crippen molar-refractivity contribution in [3.8, 4) is 23.0 Å². The predicted octanol–water partition coefficient (Wildman–Crippen LogP) is 4.79. The number of fused-ring (bicyclic) bond motifs is 2. The third-order valence-corrected chi connectivity index (χ3v) is 6.79. The smallest absolute Gasteiger partial charge is 0.231 e. The van der Waals surface area contributed by atoms with Gasteiger partial charge in [-0.1, -0.05) is 25.1 Å². The van der Waals surface area contributed by atoms with Gasteiger partial charge < -0.3 is 18.9 Å². The fourth-order valence-electron chi connectivity index (χ4n) is 5.14. The minimum Gasteiger partial charge on any atom is -0.494 e. The minimum atomic E-state index is -0.388. The highest BCUT2D eigenvalue weighted by atomic mass is 16.7. The molecule has 3 heterocycles. The highest BCUT2D eigenvalue weighted by Crippen LogP contribution is 2.54. The summed E-state index contributed by atoms with van der Waals surface area (Å²) in [6, 6.07) is 12.5. The molecular weight excluding hydrogens is 366 g/mol. The number of para-hydroxylation sites is 1. The highest BCUT2D eigenvalue weighted by molar-refractivity contribution is 5.58. The zero-order chi connectivity index (χ0) is 20.0. The maximum Gasteiger partial charge on any atom is 0.231 e. The molecule has 0 N–H and O–H groups in total. The van der Waals surface area contributed by atoms with E-state index in [-0.39, 0.29) is 24.4 Å². The Balaban J connectivity index is 1.68. The maximum absolute atomic E-state index is 6.74. The third-order valence-electron chi connectivity index (χ3n) is 6.79. The van der Waals surface area contributed by atoms with Crippen molar-refractivity contribution in [3.63, 3.8) is 0 Å². The van der Waals surface area contributed by atoms with E-state index < -0.39 is 0 Å². The number of likely N-dealkylation sites (tertiary alicyclic amines) is 1. The summed E-state index contributed by atoms with van der Waals surface area (Å²) in [5.41, 5.74) is 1.96. The van der Waals surface area contributed by atoms with Crippen molar-refractivity contribution >= 4 is 0 Å². The number of rotatable bonds is 4. The van der Waals surface area contributed by atoms with E-state index in [1.807, 2.05) is 19.1 Å². The van der Waals surface area contributed by atoms with Gasteiger partial charge in [-0.3, -0.25) is 4.90 Å². The van der Waals surface area contributed by atoms with Crippen LogP contribution in [0.25, 0.3) is 0 Å². The van der Waals surface area contributed by atoms with Gasteiger partial charge in [-0.2, -0.15) is 0 Å². The molecular formula is C24H29NO4. The first-order chi connectivity index (χ1) is 14.1. The Hall–Kier alpha value is -2.40. The van der Waals surface area contributed by atoms with E-state index in [2.05, 4.69) is 43.0 Å². The average molecular weight is 395 g/mol. The Morgan fingerprint density at radius 2 is 1.76 bits per heavy atom. The molecule has 0 radical (unpaired) electrons. The molecule has 1 saturated heterocycles. The van der Waals surface area contributed by atoms with Crippen LogP contribution in [0.15, 0.2) is 36.4 Å². The molecule has 0 bridgehead atoms. The van der Waals surface area contributed by atoms with Gasteiger partial charge in [0.2, 0.25) is 6.79 Å². The maximum atomic E-state index is 6.74. The summed E-state index contributed by atoms with van der Waals surface area (Å²) in [7, 11) is 0. The van der Waals surface area contributed by atoms with Gasteiger partial charge in [0, 0.05) is 42.1 Å². The molecule has 0 saturated carbocycles. The number of hydrogen-bond acceptors (Lipinski definition) is 5. The Morgan fingerprint density at radius 3 is 2.52 bits per heavy atom. The molecule has 0 amide bonds. The van der Waals surface area contributed by atoms with Gasteiger partial charge in [-0.15, -0.1) is 0 Å². The van der Waals surface area contributed by atoms with Crippen LogP contribution in [-0.2, 0) is 0 Å². The second kappa shape index (κ2) is 7.13. The van der Waals surface area contributed by atoms with Gasteiger partial charge in [0.25, 0.3) is 0 Å². The van der Waals surface area contributed by atoms with Crippen LogP contribution in [0.5, 0.6) is 23.0 Å². The second-order valence-corrected chi connectivity index (χ2v) is 8.33. The number of nitrogens with zero attached hydrogens (tertiary/aromatic N) is 1. The Morgan fingerprint density at radius 1 is 1.03 bits per heavy atom. The zero-order valence-electron chi connectivity index (χ0n) is 17.4. The molecule has 3 atom stereocenters. The van der Waals surface area contributed by atoms with E-state index in [0.29, 0.717) is 6.61 Å². The van der Waals surface area contributed by atoms with E-state index in [0.717, 1.165) is 41.7 Å². The standard InChI is InChI=1S/C24H29NO4/c1-4-26-19-10-6-5-9-17(19)23-16(2)24(3,25-11-7-8-12-25)29-20-14-22-21(13-18(20)23)27-15-28-22/h5-6,9-10,13-14,16,23H,4,7-8,11-12,15H2,1-3H3/t16-,23+,24+/m1/s1. The molecule has 2 aromatic carbocycles. The van der Waals surface area contributed by atoms with E-state index in [1.54, 1.807) is 0 Å². The van der Waals surface area contributed by atoms with Gasteiger partial charge in [0.1, 0.15) is 11.5 Å². The van der Waals surface area contributed by atoms with Crippen molar-refractivity contribution in [2.45, 2.75) is 45.3 Å². The Bertz CT molecular complexity index is 908. The molecule has 29 heavy (non-hydrogen) atoms. The van der Waals surface area contributed by atoms with Gasteiger partial charge in [-0.05, 0) is 38.8 Å². The van der Waals surface area contributed by atoms with E-state index in [9.17, 15) is 0 Å². The lowest BCUT2D eigenvalue weighted by Crippen LogP contribution is -2.57. The van der Waals surface area contributed by atoms with Crippen LogP contribution < -0.4 is 18.9 Å². The Labute approximate surface area is 172 Å². The molecule has 1 fully saturated rings. The molecule has 0 spiro atoms. The van der Waals surface area contributed by atoms with Crippen LogP contribution in [-0.4, -0.2) is 37.1 Å². The van der Waals surface area contributed by atoms with Crippen molar-refractivity contribution in [2.75, 3.05) is 26.5 Å². The fourth-order valence-corrected chi connectivity index (χ4v) is 5.14. The SMILES string of the molecule is CCOc1ccccc1[C@H]1c2cc3c(cc2O[C@](C)(N2CCCC2)[C@@H]1C)OCO3. The van der Waals surface area contributed by atoms with Crippen LogP contribution in [0.2, 0.25) is 0 Å². The van der Waals surface area contributed by atoms with Gasteiger partial charge >= 0.3 is 0 Å². The number of ether oxygens (including phenoxy) is 4. The van der Waals surface area contributed by atoms with E-state index in [1.165, 1.54) is 18.4 Å². The van der Waals surface area contributed by atoms with Crippen molar-refractivity contribution in [1.82, 2.24) is 4.90 Å². The summed E-state index contributed by atoms with van der Waals surface area (Å²) in [5, 5.41) is 0. The van der Waals surface area contributed by atoms with Crippen LogP contribution >= 0.6 is 0 Å². The molecule has 0 aromatic heterocycles. The molecule has 0 unspecified atom stereocenters. The van der Waals surface area contributed by atoms with Crippen LogP contribution in [0.4, 0.5) is 0 Å². The fraction of sp³-hybridized carbons (Fsp3) is 0.500. The molecule has 5 nitrogen and oxygen atoms in total. The molecule has 5 rings (SSSR count). The lowest BCUT2D eigenvalue weighted by Gasteiger charge is -2.50. The van der Waals surface area contributed by atoms with Crippen molar-refractivity contribution in [1.29, 1.82) is 0 Å². The number of hydrogen-bond donors (Lipinski definition) is 0.